The SMILES string of the molecule is C=CC(Cc1cccc(C)c1)NCC. The van der Waals surface area contributed by atoms with Gasteiger partial charge in [-0.25, -0.2) is 0 Å². The molecule has 0 heterocycles. The van der Waals surface area contributed by atoms with E-state index < -0.39 is 0 Å². The Kier molecular flexibility index (Phi) is 4.41. The van der Waals surface area contributed by atoms with Crippen LogP contribution in [-0.2, 0) is 6.42 Å². The van der Waals surface area contributed by atoms with Gasteiger partial charge < -0.3 is 5.32 Å². The van der Waals surface area contributed by atoms with Crippen LogP contribution in [0.15, 0.2) is 36.9 Å². The Balaban J connectivity index is 2.62. The van der Waals surface area contributed by atoms with Gasteiger partial charge in [-0.05, 0) is 25.5 Å². The molecule has 76 valence electrons. The van der Waals surface area contributed by atoms with Crippen molar-refractivity contribution >= 4 is 0 Å². The van der Waals surface area contributed by atoms with Gasteiger partial charge in [0, 0.05) is 6.04 Å². The molecule has 0 aliphatic carbocycles. The Bertz CT molecular complexity index is 291. The average molecular weight is 189 g/mol. The van der Waals surface area contributed by atoms with E-state index in [1.54, 1.807) is 0 Å². The molecule has 1 aromatic rings. The highest BCUT2D eigenvalue weighted by Crippen LogP contribution is 2.07. The molecule has 0 aliphatic rings. The lowest BCUT2D eigenvalue weighted by molar-refractivity contribution is 0.613. The van der Waals surface area contributed by atoms with Gasteiger partial charge in [-0.15, -0.1) is 6.58 Å². The molecule has 0 amide bonds. The summed E-state index contributed by atoms with van der Waals surface area (Å²) in [6, 6.07) is 9.02. The lowest BCUT2D eigenvalue weighted by Gasteiger charge is -2.13. The summed E-state index contributed by atoms with van der Waals surface area (Å²) in [6.07, 6.45) is 3.00. The number of likely N-dealkylation sites (N-methyl/N-ethyl adjacent to an activating group) is 1. The highest BCUT2D eigenvalue weighted by molar-refractivity contribution is 5.23. The number of aryl methyl sites for hydroxylation is 1. The number of benzene rings is 1. The van der Waals surface area contributed by atoms with Crippen LogP contribution in [0, 0.1) is 6.92 Å². The topological polar surface area (TPSA) is 12.0 Å². The third-order valence-corrected chi connectivity index (χ3v) is 2.29. The standard InChI is InChI=1S/C13H19N/c1-4-13(14-5-2)10-12-8-6-7-11(3)9-12/h4,6-9,13-14H,1,5,10H2,2-3H3. The zero-order valence-corrected chi connectivity index (χ0v) is 9.09. The van der Waals surface area contributed by atoms with Crippen LogP contribution in [-0.4, -0.2) is 12.6 Å². The summed E-state index contributed by atoms with van der Waals surface area (Å²) in [6.45, 7) is 9.07. The summed E-state index contributed by atoms with van der Waals surface area (Å²) >= 11 is 0. The van der Waals surface area contributed by atoms with Crippen molar-refractivity contribution in [1.29, 1.82) is 0 Å². The molecule has 1 atom stereocenters. The van der Waals surface area contributed by atoms with E-state index in [1.807, 2.05) is 6.08 Å². The second-order valence-corrected chi connectivity index (χ2v) is 3.59. The summed E-state index contributed by atoms with van der Waals surface area (Å²) in [5.41, 5.74) is 2.69. The van der Waals surface area contributed by atoms with Crippen molar-refractivity contribution in [3.63, 3.8) is 0 Å². The largest absolute Gasteiger partial charge is 0.310 e. The predicted octanol–water partition coefficient (Wildman–Crippen LogP) is 2.70. The third kappa shape index (κ3) is 3.35. The van der Waals surface area contributed by atoms with E-state index in [4.69, 9.17) is 0 Å². The van der Waals surface area contributed by atoms with E-state index in [1.165, 1.54) is 11.1 Å². The van der Waals surface area contributed by atoms with E-state index in [2.05, 4.69) is 50.0 Å². The van der Waals surface area contributed by atoms with Crippen molar-refractivity contribution in [3.8, 4) is 0 Å². The Labute approximate surface area is 86.8 Å². The van der Waals surface area contributed by atoms with E-state index in [0.29, 0.717) is 6.04 Å². The Hall–Kier alpha value is -1.08. The fourth-order valence-electron chi connectivity index (χ4n) is 1.59. The summed E-state index contributed by atoms with van der Waals surface area (Å²) in [7, 11) is 0. The number of nitrogens with one attached hydrogen (secondary N) is 1. The minimum absolute atomic E-state index is 0.391. The van der Waals surface area contributed by atoms with Crippen molar-refractivity contribution in [2.75, 3.05) is 6.54 Å². The molecule has 1 N–H and O–H groups in total. The van der Waals surface area contributed by atoms with Crippen LogP contribution in [0.1, 0.15) is 18.1 Å². The molecule has 0 bridgehead atoms. The Morgan fingerprint density at radius 1 is 1.50 bits per heavy atom. The first-order valence-corrected chi connectivity index (χ1v) is 5.17. The number of hydrogen-bond acceptors (Lipinski definition) is 1. The fraction of sp³-hybridized carbons (Fsp3) is 0.385. The molecule has 1 unspecified atom stereocenters. The van der Waals surface area contributed by atoms with Gasteiger partial charge in [0.15, 0.2) is 0 Å². The van der Waals surface area contributed by atoms with Gasteiger partial charge in [0.1, 0.15) is 0 Å². The first-order chi connectivity index (χ1) is 6.76. The average Bonchev–Trinajstić information content (AvgIpc) is 2.17. The van der Waals surface area contributed by atoms with Gasteiger partial charge in [-0.3, -0.25) is 0 Å². The molecular weight excluding hydrogens is 170 g/mol. The van der Waals surface area contributed by atoms with E-state index in [9.17, 15) is 0 Å². The van der Waals surface area contributed by atoms with Crippen LogP contribution < -0.4 is 5.32 Å². The van der Waals surface area contributed by atoms with Gasteiger partial charge in [-0.1, -0.05) is 42.8 Å². The molecule has 0 fully saturated rings. The maximum absolute atomic E-state index is 3.84. The Morgan fingerprint density at radius 2 is 2.29 bits per heavy atom. The molecule has 0 saturated heterocycles. The molecule has 1 rings (SSSR count). The monoisotopic (exact) mass is 189 g/mol. The molecule has 0 aliphatic heterocycles. The second kappa shape index (κ2) is 5.61. The zero-order chi connectivity index (χ0) is 10.4. The summed E-state index contributed by atoms with van der Waals surface area (Å²) in [5.74, 6) is 0. The van der Waals surface area contributed by atoms with Crippen LogP contribution in [0.5, 0.6) is 0 Å². The molecule has 0 radical (unpaired) electrons. The molecular formula is C13H19N. The molecule has 0 aromatic heterocycles. The first-order valence-electron chi connectivity index (χ1n) is 5.17. The predicted molar refractivity (Wildman–Crippen MR) is 62.5 cm³/mol. The molecule has 14 heavy (non-hydrogen) atoms. The van der Waals surface area contributed by atoms with Gasteiger partial charge in [-0.2, -0.15) is 0 Å². The molecule has 1 heteroatoms. The van der Waals surface area contributed by atoms with E-state index in [0.717, 1.165) is 13.0 Å². The van der Waals surface area contributed by atoms with Gasteiger partial charge >= 0.3 is 0 Å². The van der Waals surface area contributed by atoms with Gasteiger partial charge in [0.25, 0.3) is 0 Å². The highest BCUT2D eigenvalue weighted by atomic mass is 14.9. The van der Waals surface area contributed by atoms with Gasteiger partial charge in [0.2, 0.25) is 0 Å². The maximum Gasteiger partial charge on any atom is 0.0287 e. The molecule has 1 nitrogen and oxygen atoms in total. The number of rotatable bonds is 5. The fourth-order valence-corrected chi connectivity index (χ4v) is 1.59. The quantitative estimate of drug-likeness (QED) is 0.702. The van der Waals surface area contributed by atoms with Crippen molar-refractivity contribution in [2.45, 2.75) is 26.3 Å². The summed E-state index contributed by atoms with van der Waals surface area (Å²) < 4.78 is 0. The van der Waals surface area contributed by atoms with Gasteiger partial charge in [0.05, 0.1) is 0 Å². The van der Waals surface area contributed by atoms with Crippen LogP contribution in [0.25, 0.3) is 0 Å². The molecule has 0 spiro atoms. The third-order valence-electron chi connectivity index (χ3n) is 2.29. The molecule has 1 aromatic carbocycles. The van der Waals surface area contributed by atoms with Crippen LogP contribution in [0.4, 0.5) is 0 Å². The minimum Gasteiger partial charge on any atom is -0.310 e. The maximum atomic E-state index is 3.84. The second-order valence-electron chi connectivity index (χ2n) is 3.59. The van der Waals surface area contributed by atoms with Crippen LogP contribution in [0.3, 0.4) is 0 Å². The zero-order valence-electron chi connectivity index (χ0n) is 9.09. The number of hydrogen-bond donors (Lipinski definition) is 1. The van der Waals surface area contributed by atoms with Crippen LogP contribution in [0.2, 0.25) is 0 Å². The Morgan fingerprint density at radius 3 is 2.86 bits per heavy atom. The molecule has 0 saturated carbocycles. The minimum atomic E-state index is 0.391. The van der Waals surface area contributed by atoms with Crippen LogP contribution >= 0.6 is 0 Å². The lowest BCUT2D eigenvalue weighted by atomic mass is 10.0. The van der Waals surface area contributed by atoms with Crippen molar-refractivity contribution in [3.05, 3.63) is 48.0 Å². The van der Waals surface area contributed by atoms with Crippen molar-refractivity contribution in [1.82, 2.24) is 5.32 Å². The highest BCUT2D eigenvalue weighted by Gasteiger charge is 2.02. The van der Waals surface area contributed by atoms with E-state index in [-0.39, 0.29) is 0 Å². The normalized spacial score (nSPS) is 12.4. The van der Waals surface area contributed by atoms with Crippen molar-refractivity contribution < 1.29 is 0 Å². The first kappa shape index (κ1) is 11.0. The summed E-state index contributed by atoms with van der Waals surface area (Å²) in [5, 5.41) is 3.38. The smallest absolute Gasteiger partial charge is 0.0287 e. The lowest BCUT2D eigenvalue weighted by Crippen LogP contribution is -2.28. The van der Waals surface area contributed by atoms with Crippen molar-refractivity contribution in [2.24, 2.45) is 0 Å². The van der Waals surface area contributed by atoms with E-state index >= 15 is 0 Å². The summed E-state index contributed by atoms with van der Waals surface area (Å²) in [4.78, 5) is 0.